The molecule has 2 amide bonds. The van der Waals surface area contributed by atoms with E-state index < -0.39 is 12.2 Å². The first-order chi connectivity index (χ1) is 13.5. The van der Waals surface area contributed by atoms with Crippen molar-refractivity contribution < 1.29 is 24.2 Å². The van der Waals surface area contributed by atoms with Crippen LogP contribution in [-0.2, 0) is 14.3 Å². The van der Waals surface area contributed by atoms with Crippen molar-refractivity contribution in [3.8, 4) is 0 Å². The van der Waals surface area contributed by atoms with Gasteiger partial charge >= 0.3 is 6.09 Å². The second-order valence-electron chi connectivity index (χ2n) is 8.23. The van der Waals surface area contributed by atoms with Crippen LogP contribution in [0.15, 0.2) is 18.2 Å². The minimum atomic E-state index is -1.02. The fourth-order valence-electron chi connectivity index (χ4n) is 3.26. The van der Waals surface area contributed by atoms with Crippen molar-refractivity contribution in [3.05, 3.63) is 33.8 Å². The van der Waals surface area contributed by atoms with E-state index in [1.165, 1.54) is 12.0 Å². The molecular weight excluding hydrogens is 419 g/mol. The number of carbonyl (C=O) groups is 2. The number of benzene rings is 1. The van der Waals surface area contributed by atoms with Crippen molar-refractivity contribution in [2.45, 2.75) is 38.9 Å². The maximum absolute atomic E-state index is 11.9. The molecule has 162 valence electrons. The molecule has 1 aliphatic rings. The Morgan fingerprint density at radius 2 is 1.97 bits per heavy atom. The highest BCUT2D eigenvalue weighted by molar-refractivity contribution is 6.42. The number of rotatable bonds is 5. The summed E-state index contributed by atoms with van der Waals surface area (Å²) in [6.45, 7) is 6.60. The molecule has 0 bridgehead atoms. The van der Waals surface area contributed by atoms with E-state index in [4.69, 9.17) is 32.7 Å². The third kappa shape index (κ3) is 6.47. The van der Waals surface area contributed by atoms with Crippen molar-refractivity contribution in [1.82, 2.24) is 10.2 Å². The molecule has 1 heterocycles. The molecular formula is C20H28Cl2N2O5. The van der Waals surface area contributed by atoms with Crippen LogP contribution in [0.4, 0.5) is 4.79 Å². The van der Waals surface area contributed by atoms with E-state index in [2.05, 4.69) is 5.32 Å². The van der Waals surface area contributed by atoms with Crippen molar-refractivity contribution in [2.75, 3.05) is 33.4 Å². The summed E-state index contributed by atoms with van der Waals surface area (Å²) >= 11 is 12.3. The summed E-state index contributed by atoms with van der Waals surface area (Å²) in [6.07, 6.45) is -1.82. The number of carboxylic acid groups (broad SMARTS) is 1. The predicted octanol–water partition coefficient (Wildman–Crippen LogP) is 3.63. The van der Waals surface area contributed by atoms with Gasteiger partial charge in [0, 0.05) is 26.1 Å². The largest absolute Gasteiger partial charge is 0.465 e. The van der Waals surface area contributed by atoms with Crippen LogP contribution in [0.2, 0.25) is 10.0 Å². The van der Waals surface area contributed by atoms with E-state index in [1.807, 2.05) is 26.8 Å². The van der Waals surface area contributed by atoms with Crippen molar-refractivity contribution in [3.63, 3.8) is 0 Å². The van der Waals surface area contributed by atoms with Crippen LogP contribution in [0.25, 0.3) is 0 Å². The molecule has 1 aromatic rings. The highest BCUT2D eigenvalue weighted by Gasteiger charge is 2.39. The molecule has 0 aliphatic carbocycles. The Kier molecular flexibility index (Phi) is 8.17. The van der Waals surface area contributed by atoms with Gasteiger partial charge in [0.05, 0.1) is 28.8 Å². The van der Waals surface area contributed by atoms with Gasteiger partial charge in [-0.1, -0.05) is 50.0 Å². The summed E-state index contributed by atoms with van der Waals surface area (Å²) in [5, 5.41) is 13.3. The Balaban J connectivity index is 2.40. The number of halogens is 2. The highest BCUT2D eigenvalue weighted by atomic mass is 35.5. The molecule has 1 saturated heterocycles. The average Bonchev–Trinajstić information content (AvgIpc) is 2.82. The third-order valence-electron chi connectivity index (χ3n) is 4.98. The molecule has 3 atom stereocenters. The molecule has 2 N–H and O–H groups in total. The van der Waals surface area contributed by atoms with Gasteiger partial charge in [0.25, 0.3) is 0 Å². The molecule has 0 radical (unpaired) electrons. The van der Waals surface area contributed by atoms with E-state index in [-0.39, 0.29) is 49.6 Å². The van der Waals surface area contributed by atoms with Gasteiger partial charge in [-0.15, -0.1) is 0 Å². The first kappa shape index (κ1) is 23.7. The number of hydrogen-bond acceptors (Lipinski definition) is 4. The SMILES string of the molecule is COCC(=O)NC[C@H]1OC(C(C)(C)C)CN(C(=O)O)C[C@H]1c1ccc(Cl)c(Cl)c1. The molecule has 29 heavy (non-hydrogen) atoms. The highest BCUT2D eigenvalue weighted by Crippen LogP contribution is 2.35. The molecule has 1 aliphatic heterocycles. The van der Waals surface area contributed by atoms with E-state index in [0.29, 0.717) is 10.0 Å². The van der Waals surface area contributed by atoms with Gasteiger partial charge < -0.3 is 24.8 Å². The zero-order chi connectivity index (χ0) is 21.8. The van der Waals surface area contributed by atoms with Crippen LogP contribution in [-0.4, -0.2) is 67.6 Å². The topological polar surface area (TPSA) is 88.1 Å². The summed E-state index contributed by atoms with van der Waals surface area (Å²) < 4.78 is 11.2. The second kappa shape index (κ2) is 9.98. The number of nitrogens with zero attached hydrogens (tertiary/aromatic N) is 1. The number of carbonyl (C=O) groups excluding carboxylic acids is 1. The average molecular weight is 447 g/mol. The zero-order valence-electron chi connectivity index (χ0n) is 17.1. The van der Waals surface area contributed by atoms with Gasteiger partial charge in [-0.25, -0.2) is 4.79 Å². The van der Waals surface area contributed by atoms with Gasteiger partial charge in [0.1, 0.15) is 6.61 Å². The van der Waals surface area contributed by atoms with Crippen LogP contribution in [0, 0.1) is 5.41 Å². The fraction of sp³-hybridized carbons (Fsp3) is 0.600. The minimum Gasteiger partial charge on any atom is -0.465 e. The number of nitrogens with one attached hydrogen (secondary N) is 1. The van der Waals surface area contributed by atoms with E-state index in [0.717, 1.165) is 5.56 Å². The van der Waals surface area contributed by atoms with Crippen LogP contribution >= 0.6 is 23.2 Å². The first-order valence-corrected chi connectivity index (χ1v) is 10.1. The Morgan fingerprint density at radius 1 is 1.28 bits per heavy atom. The Bertz CT molecular complexity index is 738. The standard InChI is InChI=1S/C20H28Cl2N2O5/c1-20(2,3)17-10-24(19(26)27)9-13(12-5-6-14(21)15(22)7-12)16(29-17)8-23-18(25)11-28-4/h5-7,13,16-17H,8-11H2,1-4H3,(H,23,25)(H,26,27)/t13-,16+,17?/m0/s1. The Labute approximate surface area is 181 Å². The van der Waals surface area contributed by atoms with E-state index in [1.54, 1.807) is 12.1 Å². The van der Waals surface area contributed by atoms with Crippen molar-refractivity contribution in [1.29, 1.82) is 0 Å². The van der Waals surface area contributed by atoms with Gasteiger partial charge in [0.2, 0.25) is 5.91 Å². The fourth-order valence-corrected chi connectivity index (χ4v) is 3.57. The molecule has 1 aromatic carbocycles. The zero-order valence-corrected chi connectivity index (χ0v) is 18.6. The summed E-state index contributed by atoms with van der Waals surface area (Å²) in [7, 11) is 1.45. The number of ether oxygens (including phenoxy) is 2. The molecule has 1 fully saturated rings. The molecule has 9 heteroatoms. The van der Waals surface area contributed by atoms with Crippen LogP contribution < -0.4 is 5.32 Å². The number of hydrogen-bond donors (Lipinski definition) is 2. The maximum Gasteiger partial charge on any atom is 0.407 e. The summed E-state index contributed by atoms with van der Waals surface area (Å²) in [5.74, 6) is -0.605. The molecule has 1 unspecified atom stereocenters. The lowest BCUT2D eigenvalue weighted by atomic mass is 9.88. The monoisotopic (exact) mass is 446 g/mol. The Hall–Kier alpha value is -1.54. The quantitative estimate of drug-likeness (QED) is 0.720. The summed E-state index contributed by atoms with van der Waals surface area (Å²) in [5.41, 5.74) is 0.501. The lowest BCUT2D eigenvalue weighted by Crippen LogP contribution is -2.43. The smallest absolute Gasteiger partial charge is 0.407 e. The number of methoxy groups -OCH3 is 1. The summed E-state index contributed by atoms with van der Waals surface area (Å²) in [6, 6.07) is 5.21. The van der Waals surface area contributed by atoms with Crippen LogP contribution in [0.3, 0.4) is 0 Å². The molecule has 2 rings (SSSR count). The van der Waals surface area contributed by atoms with Gasteiger partial charge in [-0.2, -0.15) is 0 Å². The maximum atomic E-state index is 11.9. The molecule has 0 saturated carbocycles. The van der Waals surface area contributed by atoms with Gasteiger partial charge in [-0.05, 0) is 23.1 Å². The lowest BCUT2D eigenvalue weighted by molar-refractivity contribution is -0.126. The molecule has 7 nitrogen and oxygen atoms in total. The molecule has 0 spiro atoms. The van der Waals surface area contributed by atoms with Gasteiger partial charge in [0.15, 0.2) is 0 Å². The van der Waals surface area contributed by atoms with E-state index in [9.17, 15) is 14.7 Å². The lowest BCUT2D eigenvalue weighted by Gasteiger charge is -2.34. The Morgan fingerprint density at radius 3 is 2.52 bits per heavy atom. The van der Waals surface area contributed by atoms with Crippen LogP contribution in [0.1, 0.15) is 32.3 Å². The van der Waals surface area contributed by atoms with Crippen LogP contribution in [0.5, 0.6) is 0 Å². The van der Waals surface area contributed by atoms with E-state index >= 15 is 0 Å². The normalized spacial score (nSPS) is 22.8. The predicted molar refractivity (Wildman–Crippen MR) is 112 cm³/mol. The summed E-state index contributed by atoms with van der Waals surface area (Å²) in [4.78, 5) is 25.2. The van der Waals surface area contributed by atoms with Crippen molar-refractivity contribution in [2.24, 2.45) is 5.41 Å². The van der Waals surface area contributed by atoms with Gasteiger partial charge in [-0.3, -0.25) is 4.79 Å². The van der Waals surface area contributed by atoms with Crippen molar-refractivity contribution >= 4 is 35.2 Å². The third-order valence-corrected chi connectivity index (χ3v) is 5.71. The molecule has 0 aromatic heterocycles. The number of amides is 2. The second-order valence-corrected chi connectivity index (χ2v) is 9.05. The first-order valence-electron chi connectivity index (χ1n) is 9.36. The minimum absolute atomic E-state index is 0.0614.